The number of rotatable bonds is 6. The molecule has 4 heteroatoms. The number of aryl methyl sites for hydroxylation is 2. The van der Waals surface area contributed by atoms with E-state index < -0.39 is 0 Å². The number of fused-ring (bicyclic) bond motifs is 5. The summed E-state index contributed by atoms with van der Waals surface area (Å²) >= 11 is 0. The molecule has 11 rings (SSSR count). The molecule has 0 atom stereocenters. The van der Waals surface area contributed by atoms with Crippen LogP contribution in [0.25, 0.3) is 21.9 Å². The summed E-state index contributed by atoms with van der Waals surface area (Å²) in [5.74, 6) is 0. The van der Waals surface area contributed by atoms with E-state index in [1.807, 2.05) is 0 Å². The monoisotopic (exact) mass is 853 g/mol. The number of para-hydroxylation sites is 1. The summed E-state index contributed by atoms with van der Waals surface area (Å²) in [7, 11) is 0. The molecule has 0 N–H and O–H groups in total. The Balaban J connectivity index is 1.28. The maximum Gasteiger partial charge on any atom is 0.252 e. The largest absolute Gasteiger partial charge is 0.311 e. The van der Waals surface area contributed by atoms with E-state index in [1.165, 1.54) is 83.3 Å². The third-order valence-electron chi connectivity index (χ3n) is 13.8. The van der Waals surface area contributed by atoms with Crippen LogP contribution in [0.4, 0.5) is 51.2 Å². The van der Waals surface area contributed by atoms with Gasteiger partial charge in [-0.3, -0.25) is 0 Å². The fourth-order valence-corrected chi connectivity index (χ4v) is 10.5. The Labute approximate surface area is 391 Å². The van der Waals surface area contributed by atoms with Crippen LogP contribution in [0.3, 0.4) is 0 Å². The lowest BCUT2D eigenvalue weighted by Gasteiger charge is -2.45. The van der Waals surface area contributed by atoms with Crippen molar-refractivity contribution in [1.29, 1.82) is 0 Å². The van der Waals surface area contributed by atoms with Crippen LogP contribution in [-0.2, 0) is 10.8 Å². The zero-order chi connectivity index (χ0) is 45.5. The van der Waals surface area contributed by atoms with Crippen molar-refractivity contribution in [3.63, 3.8) is 0 Å². The number of anilines is 9. The van der Waals surface area contributed by atoms with E-state index in [0.29, 0.717) is 0 Å². The Morgan fingerprint density at radius 3 is 1.42 bits per heavy atom. The summed E-state index contributed by atoms with van der Waals surface area (Å²) in [6.07, 6.45) is 0. The molecule has 0 saturated carbocycles. The van der Waals surface area contributed by atoms with Gasteiger partial charge in [0.25, 0.3) is 6.71 Å². The molecule has 9 aromatic carbocycles. The zero-order valence-corrected chi connectivity index (χ0v) is 39.4. The highest BCUT2D eigenvalue weighted by molar-refractivity contribution is 7.00. The average Bonchev–Trinajstić information content (AvgIpc) is 3.32. The van der Waals surface area contributed by atoms with E-state index in [4.69, 9.17) is 0 Å². The predicted octanol–water partition coefficient (Wildman–Crippen LogP) is 15.3. The standard InChI is InChI=1S/C62H56BN3/c1-41-23-35-55-53(37-41)63-54-38-42(2)24-36-56(54)66(49-32-28-46(29-33-49)62(6,7)8)58-40-50(39-57(59(58)63)65(55)48-30-26-45(27-31-48)61(3,4)5)64(47-20-13-10-14-21-47)60-51-22-16-15-19-44(51)25-34-52(60)43-17-11-9-12-18-43/h9-40H,1-8H3. The van der Waals surface area contributed by atoms with Crippen LogP contribution in [0.1, 0.15) is 63.8 Å². The second kappa shape index (κ2) is 15.7. The number of hydrogen-bond donors (Lipinski definition) is 0. The van der Waals surface area contributed by atoms with E-state index >= 15 is 0 Å². The summed E-state index contributed by atoms with van der Waals surface area (Å²) in [6.45, 7) is 18.2. The van der Waals surface area contributed by atoms with Crippen LogP contribution >= 0.6 is 0 Å². The lowest BCUT2D eigenvalue weighted by molar-refractivity contribution is 0.590. The molecule has 66 heavy (non-hydrogen) atoms. The van der Waals surface area contributed by atoms with E-state index in [-0.39, 0.29) is 17.5 Å². The third-order valence-corrected chi connectivity index (χ3v) is 13.8. The van der Waals surface area contributed by atoms with Crippen molar-refractivity contribution in [2.45, 2.75) is 66.2 Å². The molecule has 2 aliphatic heterocycles. The molecule has 0 saturated heterocycles. The van der Waals surface area contributed by atoms with Gasteiger partial charge in [-0.1, -0.05) is 186 Å². The molecule has 322 valence electrons. The molecular formula is C62H56BN3. The van der Waals surface area contributed by atoms with Crippen LogP contribution in [0.15, 0.2) is 194 Å². The van der Waals surface area contributed by atoms with Crippen LogP contribution in [0.5, 0.6) is 0 Å². The summed E-state index contributed by atoms with van der Waals surface area (Å²) in [5, 5.41) is 2.39. The van der Waals surface area contributed by atoms with Crippen molar-refractivity contribution in [3.8, 4) is 11.1 Å². The first-order valence-corrected chi connectivity index (χ1v) is 23.5. The van der Waals surface area contributed by atoms with Gasteiger partial charge in [-0.15, -0.1) is 0 Å². The molecule has 2 heterocycles. The quantitative estimate of drug-likeness (QED) is 0.154. The molecule has 0 radical (unpaired) electrons. The molecule has 0 aromatic heterocycles. The van der Waals surface area contributed by atoms with Crippen molar-refractivity contribution >= 4 is 85.1 Å². The number of benzene rings is 9. The molecule has 0 unspecified atom stereocenters. The molecule has 2 aliphatic rings. The minimum Gasteiger partial charge on any atom is -0.311 e. The van der Waals surface area contributed by atoms with Crippen LogP contribution in [0.2, 0.25) is 0 Å². The Hall–Kier alpha value is -7.30. The van der Waals surface area contributed by atoms with Crippen molar-refractivity contribution in [1.82, 2.24) is 0 Å². The topological polar surface area (TPSA) is 9.72 Å². The summed E-state index contributed by atoms with van der Waals surface area (Å²) in [4.78, 5) is 7.62. The van der Waals surface area contributed by atoms with E-state index in [9.17, 15) is 0 Å². The Morgan fingerprint density at radius 1 is 0.424 bits per heavy atom. The molecule has 9 aromatic rings. The maximum absolute atomic E-state index is 2.55. The molecular weight excluding hydrogens is 798 g/mol. The fourth-order valence-electron chi connectivity index (χ4n) is 10.5. The first kappa shape index (κ1) is 41.4. The van der Waals surface area contributed by atoms with E-state index in [0.717, 1.165) is 28.4 Å². The third kappa shape index (κ3) is 6.99. The summed E-state index contributed by atoms with van der Waals surface area (Å²) < 4.78 is 0. The lowest BCUT2D eigenvalue weighted by atomic mass is 9.33. The van der Waals surface area contributed by atoms with Crippen molar-refractivity contribution in [3.05, 3.63) is 216 Å². The maximum atomic E-state index is 2.55. The smallest absolute Gasteiger partial charge is 0.252 e. The second-order valence-corrected chi connectivity index (χ2v) is 20.4. The highest BCUT2D eigenvalue weighted by Crippen LogP contribution is 2.51. The molecule has 0 bridgehead atoms. The van der Waals surface area contributed by atoms with Gasteiger partial charge in [-0.25, -0.2) is 0 Å². The normalized spacial score (nSPS) is 13.1. The SMILES string of the molecule is Cc1ccc2c(c1)B1c3cc(C)ccc3N(c3ccc(C(C)(C)C)cc3)c3cc(N(c4ccccc4)c4c(-c5ccccc5)ccc5ccccc45)cc(c31)N2c1ccc(C(C)(C)C)cc1. The van der Waals surface area contributed by atoms with Gasteiger partial charge in [-0.05, 0) is 124 Å². The van der Waals surface area contributed by atoms with Gasteiger partial charge in [0.15, 0.2) is 0 Å². The van der Waals surface area contributed by atoms with Crippen LogP contribution in [0, 0.1) is 13.8 Å². The minimum atomic E-state index is 0.00616. The highest BCUT2D eigenvalue weighted by Gasteiger charge is 2.44. The van der Waals surface area contributed by atoms with Crippen LogP contribution < -0.4 is 31.1 Å². The van der Waals surface area contributed by atoms with Crippen molar-refractivity contribution < 1.29 is 0 Å². The van der Waals surface area contributed by atoms with Gasteiger partial charge < -0.3 is 14.7 Å². The number of nitrogens with zero attached hydrogens (tertiary/aromatic N) is 3. The number of hydrogen-bond acceptors (Lipinski definition) is 3. The summed E-state index contributed by atoms with van der Waals surface area (Å²) in [6, 6.07) is 73.0. The van der Waals surface area contributed by atoms with Gasteiger partial charge in [-0.2, -0.15) is 0 Å². The Morgan fingerprint density at radius 2 is 0.909 bits per heavy atom. The van der Waals surface area contributed by atoms with E-state index in [1.54, 1.807) is 0 Å². The fraction of sp³-hybridized carbons (Fsp3) is 0.161. The predicted molar refractivity (Wildman–Crippen MR) is 285 cm³/mol. The van der Waals surface area contributed by atoms with Crippen LogP contribution in [-0.4, -0.2) is 6.71 Å². The first-order valence-electron chi connectivity index (χ1n) is 23.5. The first-order chi connectivity index (χ1) is 31.8. The Kier molecular flexibility index (Phi) is 9.85. The van der Waals surface area contributed by atoms with Gasteiger partial charge in [0, 0.05) is 50.8 Å². The van der Waals surface area contributed by atoms with Gasteiger partial charge >= 0.3 is 0 Å². The molecule has 0 amide bonds. The zero-order valence-electron chi connectivity index (χ0n) is 39.4. The molecule has 0 fully saturated rings. The van der Waals surface area contributed by atoms with Gasteiger partial charge in [0.05, 0.1) is 11.4 Å². The molecule has 0 spiro atoms. The molecule has 3 nitrogen and oxygen atoms in total. The average molecular weight is 854 g/mol. The summed E-state index contributed by atoms with van der Waals surface area (Å²) in [5.41, 5.74) is 21.9. The van der Waals surface area contributed by atoms with Gasteiger partial charge in [0.2, 0.25) is 0 Å². The lowest BCUT2D eigenvalue weighted by Crippen LogP contribution is -2.61. The Bertz CT molecular complexity index is 3150. The van der Waals surface area contributed by atoms with Crippen molar-refractivity contribution in [2.75, 3.05) is 14.7 Å². The molecule has 0 aliphatic carbocycles. The van der Waals surface area contributed by atoms with Gasteiger partial charge in [0.1, 0.15) is 0 Å². The van der Waals surface area contributed by atoms with E-state index in [2.05, 4.69) is 264 Å². The minimum absolute atomic E-state index is 0.00616. The second-order valence-electron chi connectivity index (χ2n) is 20.4. The van der Waals surface area contributed by atoms with Crippen molar-refractivity contribution in [2.24, 2.45) is 0 Å². The highest BCUT2D eigenvalue weighted by atomic mass is 15.2.